The molecule has 0 bridgehead atoms. The molecular weight excluding hydrogens is 196 g/mol. The highest BCUT2D eigenvalue weighted by atomic mass is 16.6. The smallest absolute Gasteiger partial charge is 0.169 e. The minimum absolute atomic E-state index is 0.0982. The molecule has 2 atom stereocenters. The van der Waals surface area contributed by atoms with Crippen LogP contribution >= 0.6 is 0 Å². The van der Waals surface area contributed by atoms with E-state index in [0.717, 1.165) is 5.69 Å². The van der Waals surface area contributed by atoms with Crippen LogP contribution in [0.3, 0.4) is 0 Å². The molecule has 1 aliphatic rings. The molecule has 0 spiro atoms. The van der Waals surface area contributed by atoms with Crippen molar-refractivity contribution in [3.05, 3.63) is 30.3 Å². The Morgan fingerprint density at radius 1 is 1.27 bits per heavy atom. The molecule has 1 heterocycles. The summed E-state index contributed by atoms with van der Waals surface area (Å²) >= 11 is 0. The SMILES string of the molecule is OC1CN(Nc2ccccc2)C(O)CO1. The van der Waals surface area contributed by atoms with Crippen LogP contribution in [-0.4, -0.2) is 40.9 Å². The Morgan fingerprint density at radius 2 is 2.00 bits per heavy atom. The third-order valence-electron chi connectivity index (χ3n) is 2.20. The Morgan fingerprint density at radius 3 is 2.73 bits per heavy atom. The first-order valence-corrected chi connectivity index (χ1v) is 4.82. The van der Waals surface area contributed by atoms with Crippen molar-refractivity contribution in [3.63, 3.8) is 0 Å². The number of nitrogens with one attached hydrogen (secondary N) is 1. The summed E-state index contributed by atoms with van der Waals surface area (Å²) in [6, 6.07) is 9.47. The number of anilines is 1. The molecule has 1 aromatic rings. The topological polar surface area (TPSA) is 65.0 Å². The first kappa shape index (κ1) is 10.4. The van der Waals surface area contributed by atoms with Crippen LogP contribution in [0, 0.1) is 0 Å². The zero-order valence-electron chi connectivity index (χ0n) is 8.21. The van der Waals surface area contributed by atoms with Gasteiger partial charge in [-0.1, -0.05) is 18.2 Å². The fraction of sp³-hybridized carbons (Fsp3) is 0.400. The molecule has 3 N–H and O–H groups in total. The normalized spacial score (nSPS) is 27.6. The number of morpholine rings is 1. The molecule has 2 rings (SSSR count). The number of para-hydroxylation sites is 1. The summed E-state index contributed by atoms with van der Waals surface area (Å²) in [5, 5.41) is 20.4. The number of ether oxygens (including phenoxy) is 1. The molecule has 15 heavy (non-hydrogen) atoms. The minimum atomic E-state index is -0.857. The van der Waals surface area contributed by atoms with Crippen LogP contribution in [0.2, 0.25) is 0 Å². The molecule has 5 nitrogen and oxygen atoms in total. The van der Waals surface area contributed by atoms with Crippen molar-refractivity contribution in [1.29, 1.82) is 0 Å². The molecule has 0 radical (unpaired) electrons. The molecule has 2 unspecified atom stereocenters. The van der Waals surface area contributed by atoms with E-state index < -0.39 is 12.5 Å². The van der Waals surface area contributed by atoms with Gasteiger partial charge in [-0.2, -0.15) is 5.01 Å². The minimum Gasteiger partial charge on any atom is -0.374 e. The van der Waals surface area contributed by atoms with Gasteiger partial charge < -0.3 is 20.4 Å². The number of aliphatic hydroxyl groups excluding tert-OH is 2. The standard InChI is InChI=1S/C10H14N2O3/c13-9-7-15-10(14)6-12(9)11-8-4-2-1-3-5-8/h1-5,9-11,13-14H,6-7H2. The molecule has 0 amide bonds. The number of hydrazine groups is 1. The molecule has 0 aromatic heterocycles. The number of β-amino-alcohol motifs (C(OH)–C–C–N with tert-alkyl or cyclic N) is 1. The molecule has 82 valence electrons. The Kier molecular flexibility index (Phi) is 3.17. The van der Waals surface area contributed by atoms with Crippen molar-refractivity contribution in [3.8, 4) is 0 Å². The van der Waals surface area contributed by atoms with E-state index in [1.807, 2.05) is 30.3 Å². The fourth-order valence-electron chi connectivity index (χ4n) is 1.43. The lowest BCUT2D eigenvalue weighted by molar-refractivity contribution is -0.201. The van der Waals surface area contributed by atoms with Crippen LogP contribution in [0.1, 0.15) is 0 Å². The first-order chi connectivity index (χ1) is 7.25. The van der Waals surface area contributed by atoms with Gasteiger partial charge in [0.2, 0.25) is 0 Å². The number of rotatable bonds is 2. The maximum absolute atomic E-state index is 9.58. The largest absolute Gasteiger partial charge is 0.374 e. The van der Waals surface area contributed by atoms with Gasteiger partial charge in [-0.05, 0) is 12.1 Å². The summed E-state index contributed by atoms with van der Waals surface area (Å²) in [7, 11) is 0. The summed E-state index contributed by atoms with van der Waals surface area (Å²) in [5.74, 6) is 0. The van der Waals surface area contributed by atoms with E-state index in [1.54, 1.807) is 5.01 Å². The number of hydrogen-bond donors (Lipinski definition) is 3. The predicted molar refractivity (Wildman–Crippen MR) is 54.7 cm³/mol. The Bertz CT molecular complexity index is 307. The van der Waals surface area contributed by atoms with E-state index in [1.165, 1.54) is 0 Å². The Hall–Kier alpha value is -1.14. The van der Waals surface area contributed by atoms with E-state index in [9.17, 15) is 10.2 Å². The molecule has 1 aliphatic heterocycles. The summed E-state index contributed by atoms with van der Waals surface area (Å²) in [6.45, 7) is 0.330. The van der Waals surface area contributed by atoms with Crippen molar-refractivity contribution in [1.82, 2.24) is 5.01 Å². The van der Waals surface area contributed by atoms with Crippen molar-refractivity contribution < 1.29 is 14.9 Å². The van der Waals surface area contributed by atoms with Crippen LogP contribution in [0.5, 0.6) is 0 Å². The molecule has 0 saturated carbocycles. The third kappa shape index (κ3) is 2.66. The summed E-state index contributed by atoms with van der Waals surface area (Å²) < 4.78 is 4.88. The predicted octanol–water partition coefficient (Wildman–Crippen LogP) is -0.0175. The lowest BCUT2D eigenvalue weighted by Crippen LogP contribution is -2.52. The van der Waals surface area contributed by atoms with Gasteiger partial charge in [-0.25, -0.2) is 0 Å². The van der Waals surface area contributed by atoms with E-state index in [0.29, 0.717) is 0 Å². The van der Waals surface area contributed by atoms with E-state index in [4.69, 9.17) is 4.74 Å². The second kappa shape index (κ2) is 4.59. The van der Waals surface area contributed by atoms with Gasteiger partial charge >= 0.3 is 0 Å². The van der Waals surface area contributed by atoms with Crippen molar-refractivity contribution in [2.75, 3.05) is 18.6 Å². The Balaban J connectivity index is 1.98. The lowest BCUT2D eigenvalue weighted by Gasteiger charge is -2.35. The van der Waals surface area contributed by atoms with Crippen molar-refractivity contribution >= 4 is 5.69 Å². The van der Waals surface area contributed by atoms with Gasteiger partial charge in [0.15, 0.2) is 6.29 Å². The van der Waals surface area contributed by atoms with Gasteiger partial charge in [0.1, 0.15) is 6.23 Å². The lowest BCUT2D eigenvalue weighted by atomic mass is 10.3. The van der Waals surface area contributed by atoms with E-state index in [-0.39, 0.29) is 13.2 Å². The highest BCUT2D eigenvalue weighted by Crippen LogP contribution is 2.12. The molecule has 1 aromatic carbocycles. The zero-order chi connectivity index (χ0) is 10.7. The van der Waals surface area contributed by atoms with Crippen LogP contribution in [-0.2, 0) is 4.74 Å². The van der Waals surface area contributed by atoms with E-state index >= 15 is 0 Å². The zero-order valence-corrected chi connectivity index (χ0v) is 8.21. The summed E-state index contributed by atoms with van der Waals surface area (Å²) in [4.78, 5) is 0. The van der Waals surface area contributed by atoms with Crippen molar-refractivity contribution in [2.24, 2.45) is 0 Å². The van der Waals surface area contributed by atoms with Gasteiger partial charge in [0, 0.05) is 5.69 Å². The highest BCUT2D eigenvalue weighted by molar-refractivity contribution is 5.41. The average molecular weight is 210 g/mol. The van der Waals surface area contributed by atoms with E-state index in [2.05, 4.69) is 5.43 Å². The quantitative estimate of drug-likeness (QED) is 0.640. The number of benzene rings is 1. The second-order valence-corrected chi connectivity index (χ2v) is 3.40. The molecule has 1 saturated heterocycles. The van der Waals surface area contributed by atoms with Crippen LogP contribution in [0.15, 0.2) is 30.3 Å². The van der Waals surface area contributed by atoms with Gasteiger partial charge in [0.05, 0.1) is 13.2 Å². The molecule has 0 aliphatic carbocycles. The van der Waals surface area contributed by atoms with Crippen LogP contribution in [0.25, 0.3) is 0 Å². The maximum Gasteiger partial charge on any atom is 0.169 e. The molecule has 5 heteroatoms. The summed E-state index contributed by atoms with van der Waals surface area (Å²) in [6.07, 6.45) is -1.60. The van der Waals surface area contributed by atoms with Crippen LogP contribution in [0.4, 0.5) is 5.69 Å². The number of nitrogens with zero attached hydrogens (tertiary/aromatic N) is 1. The third-order valence-corrected chi connectivity index (χ3v) is 2.20. The number of aliphatic hydroxyl groups is 2. The highest BCUT2D eigenvalue weighted by Gasteiger charge is 2.25. The molecule has 1 fully saturated rings. The Labute approximate surface area is 87.9 Å². The van der Waals surface area contributed by atoms with Crippen LogP contribution < -0.4 is 5.43 Å². The van der Waals surface area contributed by atoms with Crippen molar-refractivity contribution in [2.45, 2.75) is 12.5 Å². The monoisotopic (exact) mass is 210 g/mol. The number of hydrogen-bond acceptors (Lipinski definition) is 5. The van der Waals surface area contributed by atoms with Gasteiger partial charge in [-0.3, -0.25) is 0 Å². The fourth-order valence-corrected chi connectivity index (χ4v) is 1.43. The van der Waals surface area contributed by atoms with Gasteiger partial charge in [0.25, 0.3) is 0 Å². The second-order valence-electron chi connectivity index (χ2n) is 3.40. The molecular formula is C10H14N2O3. The first-order valence-electron chi connectivity index (χ1n) is 4.82. The summed E-state index contributed by atoms with van der Waals surface area (Å²) in [5.41, 5.74) is 3.87. The average Bonchev–Trinajstić information content (AvgIpc) is 2.25. The van der Waals surface area contributed by atoms with Gasteiger partial charge in [-0.15, -0.1) is 0 Å². The maximum atomic E-state index is 9.58.